The number of hydrogen-bond donors (Lipinski definition) is 0. The molecule has 0 atom stereocenters. The average molecular weight is 263 g/mol. The third-order valence-corrected chi connectivity index (χ3v) is 3.68. The molecule has 0 radical (unpaired) electrons. The smallest absolute Gasteiger partial charge is 0.120 e. The van der Waals surface area contributed by atoms with Crippen molar-refractivity contribution in [2.24, 2.45) is 0 Å². The van der Waals surface area contributed by atoms with Crippen LogP contribution in [0.2, 0.25) is 0 Å². The fourth-order valence-electron chi connectivity index (χ4n) is 1.77. The molecule has 1 aromatic carbocycles. The summed E-state index contributed by atoms with van der Waals surface area (Å²) in [5.41, 5.74) is 2.24. The van der Waals surface area contributed by atoms with Crippen LogP contribution in [0.3, 0.4) is 0 Å². The van der Waals surface area contributed by atoms with Crippen molar-refractivity contribution in [3.8, 4) is 16.2 Å². The molecule has 1 aromatic heterocycles. The summed E-state index contributed by atoms with van der Waals surface area (Å²) in [6, 6.07) is 8.10. The molecule has 0 aliphatic carbocycles. The second-order valence-electron chi connectivity index (χ2n) is 4.02. The molecule has 0 aliphatic rings. The molecule has 0 amide bonds. The Morgan fingerprint density at radius 1 is 1.22 bits per heavy atom. The van der Waals surface area contributed by atoms with Crippen LogP contribution < -0.4 is 4.74 Å². The van der Waals surface area contributed by atoms with Crippen LogP contribution in [-0.4, -0.2) is 25.3 Å². The first-order valence-corrected chi connectivity index (χ1v) is 6.68. The fourth-order valence-corrected chi connectivity index (χ4v) is 2.69. The second-order valence-corrected chi connectivity index (χ2v) is 5.22. The van der Waals surface area contributed by atoms with E-state index in [1.165, 1.54) is 4.88 Å². The van der Waals surface area contributed by atoms with Crippen molar-refractivity contribution >= 4 is 11.3 Å². The molecule has 0 saturated heterocycles. The van der Waals surface area contributed by atoms with Crippen LogP contribution in [0.4, 0.5) is 0 Å². The van der Waals surface area contributed by atoms with Crippen LogP contribution >= 0.6 is 11.3 Å². The molecule has 4 heteroatoms. The molecule has 0 unspecified atom stereocenters. The Labute approximate surface area is 111 Å². The molecule has 96 valence electrons. The molecule has 0 aliphatic heterocycles. The predicted molar refractivity (Wildman–Crippen MR) is 74.4 cm³/mol. The summed E-state index contributed by atoms with van der Waals surface area (Å²) in [5, 5.41) is 1.09. The zero-order chi connectivity index (χ0) is 13.0. The van der Waals surface area contributed by atoms with E-state index < -0.39 is 0 Å². The highest BCUT2D eigenvalue weighted by atomic mass is 32.1. The van der Waals surface area contributed by atoms with Gasteiger partial charge in [-0.05, 0) is 31.5 Å². The number of nitrogens with zero attached hydrogens (tertiary/aromatic N) is 1. The van der Waals surface area contributed by atoms with E-state index in [-0.39, 0.29) is 0 Å². The molecule has 0 bridgehead atoms. The van der Waals surface area contributed by atoms with Crippen LogP contribution in [0.25, 0.3) is 10.4 Å². The van der Waals surface area contributed by atoms with E-state index in [4.69, 9.17) is 9.47 Å². The first kappa shape index (κ1) is 13.1. The SMILES string of the molecule is COCCOc1cccc(-c2sc(C)nc2C)c1. The Bertz CT molecular complexity index is 522. The normalized spacial score (nSPS) is 10.6. The maximum absolute atomic E-state index is 5.61. The van der Waals surface area contributed by atoms with Crippen LogP contribution in [0.5, 0.6) is 5.75 Å². The zero-order valence-corrected chi connectivity index (χ0v) is 11.7. The number of thiazole rings is 1. The van der Waals surface area contributed by atoms with Gasteiger partial charge < -0.3 is 9.47 Å². The van der Waals surface area contributed by atoms with Crippen molar-refractivity contribution in [3.63, 3.8) is 0 Å². The first-order chi connectivity index (χ1) is 8.70. The number of ether oxygens (including phenoxy) is 2. The number of methoxy groups -OCH3 is 1. The molecule has 0 saturated carbocycles. The van der Waals surface area contributed by atoms with Crippen molar-refractivity contribution in [2.45, 2.75) is 13.8 Å². The number of hydrogen-bond acceptors (Lipinski definition) is 4. The van der Waals surface area contributed by atoms with Crippen LogP contribution in [0.1, 0.15) is 10.7 Å². The lowest BCUT2D eigenvalue weighted by Gasteiger charge is -2.07. The Kier molecular flexibility index (Phi) is 4.33. The van der Waals surface area contributed by atoms with Crippen molar-refractivity contribution in [2.75, 3.05) is 20.3 Å². The summed E-state index contributed by atoms with van der Waals surface area (Å²) in [7, 11) is 1.67. The minimum absolute atomic E-state index is 0.570. The van der Waals surface area contributed by atoms with Crippen LogP contribution in [0, 0.1) is 13.8 Å². The average Bonchev–Trinajstić information content (AvgIpc) is 2.69. The zero-order valence-electron chi connectivity index (χ0n) is 10.9. The lowest BCUT2D eigenvalue weighted by atomic mass is 10.1. The topological polar surface area (TPSA) is 31.4 Å². The van der Waals surface area contributed by atoms with Gasteiger partial charge in [0.2, 0.25) is 0 Å². The van der Waals surface area contributed by atoms with E-state index in [0.29, 0.717) is 13.2 Å². The predicted octanol–water partition coefficient (Wildman–Crippen LogP) is 3.45. The van der Waals surface area contributed by atoms with Crippen molar-refractivity contribution in [3.05, 3.63) is 35.0 Å². The van der Waals surface area contributed by atoms with Gasteiger partial charge in [0.1, 0.15) is 12.4 Å². The van der Waals surface area contributed by atoms with Gasteiger partial charge in [0, 0.05) is 7.11 Å². The molecular formula is C14H17NO2S. The molecule has 1 heterocycles. The Hall–Kier alpha value is -1.39. The maximum atomic E-state index is 5.61. The van der Waals surface area contributed by atoms with Gasteiger partial charge in [-0.2, -0.15) is 0 Å². The molecule has 3 nitrogen and oxygen atoms in total. The lowest BCUT2D eigenvalue weighted by Crippen LogP contribution is -2.04. The number of aromatic nitrogens is 1. The molecular weight excluding hydrogens is 246 g/mol. The van der Waals surface area contributed by atoms with E-state index in [1.807, 2.05) is 26.0 Å². The number of benzene rings is 1. The van der Waals surface area contributed by atoms with Crippen molar-refractivity contribution in [1.82, 2.24) is 4.98 Å². The molecule has 0 fully saturated rings. The van der Waals surface area contributed by atoms with E-state index >= 15 is 0 Å². The van der Waals surface area contributed by atoms with Gasteiger partial charge in [-0.15, -0.1) is 11.3 Å². The number of aryl methyl sites for hydroxylation is 2. The van der Waals surface area contributed by atoms with Gasteiger partial charge in [0.05, 0.1) is 22.2 Å². The largest absolute Gasteiger partial charge is 0.491 e. The van der Waals surface area contributed by atoms with Crippen molar-refractivity contribution < 1.29 is 9.47 Å². The second kappa shape index (κ2) is 5.98. The maximum Gasteiger partial charge on any atom is 0.120 e. The summed E-state index contributed by atoms with van der Waals surface area (Å²) in [4.78, 5) is 5.66. The molecule has 18 heavy (non-hydrogen) atoms. The third kappa shape index (κ3) is 3.09. The van der Waals surface area contributed by atoms with Gasteiger partial charge in [0.15, 0.2) is 0 Å². The third-order valence-electron chi connectivity index (χ3n) is 2.56. The summed E-state index contributed by atoms with van der Waals surface area (Å²) in [6.45, 7) is 5.24. The Balaban J connectivity index is 2.19. The lowest BCUT2D eigenvalue weighted by molar-refractivity contribution is 0.146. The first-order valence-electron chi connectivity index (χ1n) is 5.87. The Morgan fingerprint density at radius 2 is 2.06 bits per heavy atom. The van der Waals surface area contributed by atoms with Gasteiger partial charge >= 0.3 is 0 Å². The van der Waals surface area contributed by atoms with Gasteiger partial charge in [0.25, 0.3) is 0 Å². The molecule has 0 N–H and O–H groups in total. The summed E-state index contributed by atoms with van der Waals surface area (Å²) < 4.78 is 10.6. The highest BCUT2D eigenvalue weighted by Gasteiger charge is 2.08. The summed E-state index contributed by atoms with van der Waals surface area (Å²) in [5.74, 6) is 0.870. The van der Waals surface area contributed by atoms with E-state index in [2.05, 4.69) is 17.1 Å². The Morgan fingerprint density at radius 3 is 2.72 bits per heavy atom. The summed E-state index contributed by atoms with van der Waals surface area (Å²) in [6.07, 6.45) is 0. The van der Waals surface area contributed by atoms with Crippen LogP contribution in [0.15, 0.2) is 24.3 Å². The minimum atomic E-state index is 0.570. The van der Waals surface area contributed by atoms with Gasteiger partial charge in [-0.1, -0.05) is 12.1 Å². The highest BCUT2D eigenvalue weighted by Crippen LogP contribution is 2.31. The standard InChI is InChI=1S/C14H17NO2S/c1-10-14(18-11(2)15-10)12-5-4-6-13(9-12)17-8-7-16-3/h4-6,9H,7-8H2,1-3H3. The van der Waals surface area contributed by atoms with E-state index in [0.717, 1.165) is 22.0 Å². The molecule has 0 spiro atoms. The van der Waals surface area contributed by atoms with Crippen LogP contribution in [-0.2, 0) is 4.74 Å². The quantitative estimate of drug-likeness (QED) is 0.774. The van der Waals surface area contributed by atoms with E-state index in [1.54, 1.807) is 18.4 Å². The summed E-state index contributed by atoms with van der Waals surface area (Å²) >= 11 is 1.71. The van der Waals surface area contributed by atoms with E-state index in [9.17, 15) is 0 Å². The fraction of sp³-hybridized carbons (Fsp3) is 0.357. The highest BCUT2D eigenvalue weighted by molar-refractivity contribution is 7.15. The molecule has 2 rings (SSSR count). The van der Waals surface area contributed by atoms with Gasteiger partial charge in [-0.25, -0.2) is 4.98 Å². The monoisotopic (exact) mass is 263 g/mol. The van der Waals surface area contributed by atoms with Gasteiger partial charge in [-0.3, -0.25) is 0 Å². The minimum Gasteiger partial charge on any atom is -0.491 e. The van der Waals surface area contributed by atoms with Crippen molar-refractivity contribution in [1.29, 1.82) is 0 Å². The number of rotatable bonds is 5. The molecule has 2 aromatic rings.